The molecule has 26 heavy (non-hydrogen) atoms. The number of guanidine groups is 1. The van der Waals surface area contributed by atoms with Crippen LogP contribution in [0, 0.1) is 5.82 Å². The van der Waals surface area contributed by atoms with Crippen LogP contribution in [0.4, 0.5) is 9.18 Å². The fourth-order valence-corrected chi connectivity index (χ4v) is 2.98. The summed E-state index contributed by atoms with van der Waals surface area (Å²) in [6, 6.07) is 4.69. The van der Waals surface area contributed by atoms with Gasteiger partial charge in [0.2, 0.25) is 0 Å². The number of aliphatic imine (C=N–C) groups is 1. The minimum Gasteiger partial charge on any atom is -0.450 e. The number of hydrogen-bond acceptors (Lipinski definition) is 3. The van der Waals surface area contributed by atoms with Crippen molar-refractivity contribution >= 4 is 47.6 Å². The number of piperazine rings is 1. The molecule has 0 radical (unpaired) electrons. The van der Waals surface area contributed by atoms with Crippen LogP contribution in [-0.2, 0) is 11.2 Å². The molecular weight excluding hydrogens is 474 g/mol. The number of hydrogen-bond donors (Lipinski definition) is 1. The average molecular weight is 499 g/mol. The van der Waals surface area contributed by atoms with Gasteiger partial charge in [0.15, 0.2) is 5.96 Å². The molecule has 1 saturated heterocycles. The molecule has 1 N–H and O–H groups in total. The second-order valence-corrected chi connectivity index (χ2v) is 6.00. The molecule has 6 nitrogen and oxygen atoms in total. The maximum Gasteiger partial charge on any atom is 0.409 e. The van der Waals surface area contributed by atoms with E-state index < -0.39 is 0 Å². The van der Waals surface area contributed by atoms with E-state index >= 15 is 0 Å². The van der Waals surface area contributed by atoms with E-state index in [2.05, 4.69) is 15.2 Å². The topological polar surface area (TPSA) is 57.2 Å². The molecule has 1 aromatic carbocycles. The fraction of sp³-hybridized carbons (Fsp3) is 0.529. The smallest absolute Gasteiger partial charge is 0.409 e. The van der Waals surface area contributed by atoms with Gasteiger partial charge < -0.3 is 19.9 Å². The zero-order valence-electron chi connectivity index (χ0n) is 15.0. The molecule has 0 saturated carbocycles. The number of carbonyl (C=O) groups excluding carboxylic acids is 1. The van der Waals surface area contributed by atoms with Crippen LogP contribution in [0.1, 0.15) is 12.5 Å². The molecule has 1 amide bonds. The first-order valence-electron chi connectivity index (χ1n) is 8.37. The first kappa shape index (κ1) is 22.8. The minimum absolute atomic E-state index is 0. The summed E-state index contributed by atoms with van der Waals surface area (Å²) in [7, 11) is 1.70. The van der Waals surface area contributed by atoms with Gasteiger partial charge in [-0.15, -0.1) is 24.0 Å². The highest BCUT2D eigenvalue weighted by molar-refractivity contribution is 14.0. The van der Waals surface area contributed by atoms with Crippen molar-refractivity contribution in [1.29, 1.82) is 0 Å². The maximum atomic E-state index is 13.8. The Labute approximate surface area is 175 Å². The molecule has 0 aromatic heterocycles. The summed E-state index contributed by atoms with van der Waals surface area (Å²) in [5.41, 5.74) is 0.499. The van der Waals surface area contributed by atoms with E-state index in [4.69, 9.17) is 16.3 Å². The third kappa shape index (κ3) is 6.15. The van der Waals surface area contributed by atoms with Crippen LogP contribution in [0.3, 0.4) is 0 Å². The Kier molecular flexibility index (Phi) is 10.0. The van der Waals surface area contributed by atoms with E-state index in [9.17, 15) is 9.18 Å². The molecule has 0 bridgehead atoms. The zero-order valence-corrected chi connectivity index (χ0v) is 18.1. The molecule has 1 fully saturated rings. The van der Waals surface area contributed by atoms with Gasteiger partial charge in [0.25, 0.3) is 0 Å². The van der Waals surface area contributed by atoms with Crippen molar-refractivity contribution < 1.29 is 13.9 Å². The Morgan fingerprint density at radius 3 is 2.54 bits per heavy atom. The van der Waals surface area contributed by atoms with Gasteiger partial charge in [-0.05, 0) is 25.5 Å². The monoisotopic (exact) mass is 498 g/mol. The van der Waals surface area contributed by atoms with Crippen molar-refractivity contribution in [2.75, 3.05) is 46.4 Å². The highest BCUT2D eigenvalue weighted by Crippen LogP contribution is 2.19. The van der Waals surface area contributed by atoms with Gasteiger partial charge in [-0.25, -0.2) is 9.18 Å². The SMILES string of the molecule is CCOC(=O)N1CCN(C(=NC)NCCc2c(F)cccc2Cl)CC1.I. The second-order valence-electron chi connectivity index (χ2n) is 5.60. The summed E-state index contributed by atoms with van der Waals surface area (Å²) in [5, 5.41) is 3.66. The summed E-state index contributed by atoms with van der Waals surface area (Å²) in [4.78, 5) is 19.7. The first-order chi connectivity index (χ1) is 12.1. The van der Waals surface area contributed by atoms with Crippen molar-refractivity contribution in [1.82, 2.24) is 15.1 Å². The fourth-order valence-electron chi connectivity index (χ4n) is 2.72. The van der Waals surface area contributed by atoms with Crippen LogP contribution in [0.15, 0.2) is 23.2 Å². The molecule has 1 aliphatic rings. The molecule has 1 aromatic rings. The van der Waals surface area contributed by atoms with E-state index in [1.54, 1.807) is 31.0 Å². The summed E-state index contributed by atoms with van der Waals surface area (Å²) >= 11 is 6.04. The van der Waals surface area contributed by atoms with Gasteiger partial charge in [-0.3, -0.25) is 4.99 Å². The maximum absolute atomic E-state index is 13.8. The molecule has 0 unspecified atom stereocenters. The number of carbonyl (C=O) groups is 1. The lowest BCUT2D eigenvalue weighted by molar-refractivity contribution is 0.0915. The van der Waals surface area contributed by atoms with E-state index in [1.165, 1.54) is 6.07 Å². The van der Waals surface area contributed by atoms with Crippen LogP contribution in [0.2, 0.25) is 5.02 Å². The van der Waals surface area contributed by atoms with Gasteiger partial charge in [-0.1, -0.05) is 17.7 Å². The summed E-state index contributed by atoms with van der Waals surface area (Å²) in [5.74, 6) is 0.434. The lowest BCUT2D eigenvalue weighted by Gasteiger charge is -2.35. The van der Waals surface area contributed by atoms with E-state index in [0.717, 1.165) is 5.96 Å². The van der Waals surface area contributed by atoms with Gasteiger partial charge in [-0.2, -0.15) is 0 Å². The molecule has 0 spiro atoms. The minimum atomic E-state index is -0.299. The Hall–Kier alpha value is -1.29. The third-order valence-corrected chi connectivity index (χ3v) is 4.39. The molecule has 1 heterocycles. The number of ether oxygens (including phenoxy) is 1. The molecule has 0 aliphatic carbocycles. The predicted molar refractivity (Wildman–Crippen MR) is 112 cm³/mol. The standard InChI is InChI=1S/C17H24ClFN4O2.HI/c1-3-25-17(24)23-11-9-22(10-12-23)16(20-2)21-8-7-13-14(18)5-4-6-15(13)19;/h4-6H,3,7-12H2,1-2H3,(H,20,21);1H. The first-order valence-corrected chi connectivity index (χ1v) is 8.74. The molecule has 2 rings (SSSR count). The predicted octanol–water partition coefficient (Wildman–Crippen LogP) is 2.99. The Balaban J connectivity index is 0.00000338. The molecule has 0 atom stereocenters. The number of amides is 1. The van der Waals surface area contributed by atoms with Crippen molar-refractivity contribution in [3.05, 3.63) is 34.6 Å². The van der Waals surface area contributed by atoms with Gasteiger partial charge in [0.05, 0.1) is 6.61 Å². The molecule has 9 heteroatoms. The number of halogens is 3. The number of rotatable bonds is 4. The van der Waals surface area contributed by atoms with Crippen LogP contribution < -0.4 is 5.32 Å². The highest BCUT2D eigenvalue weighted by atomic mass is 127. The van der Waals surface area contributed by atoms with Gasteiger partial charge >= 0.3 is 6.09 Å². The summed E-state index contributed by atoms with van der Waals surface area (Å²) in [6.45, 7) is 5.18. The van der Waals surface area contributed by atoms with Crippen molar-refractivity contribution in [3.8, 4) is 0 Å². The molecule has 1 aliphatic heterocycles. The molecular formula is C17H25ClFIN4O2. The largest absolute Gasteiger partial charge is 0.450 e. The van der Waals surface area contributed by atoms with E-state index in [1.807, 2.05) is 0 Å². The quantitative estimate of drug-likeness (QED) is 0.394. The average Bonchev–Trinajstić information content (AvgIpc) is 2.61. The zero-order chi connectivity index (χ0) is 18.2. The Bertz CT molecular complexity index is 605. The van der Waals surface area contributed by atoms with Crippen LogP contribution in [0.25, 0.3) is 0 Å². The number of benzene rings is 1. The van der Waals surface area contributed by atoms with Gasteiger partial charge in [0.1, 0.15) is 5.82 Å². The third-order valence-electron chi connectivity index (χ3n) is 4.04. The van der Waals surface area contributed by atoms with E-state index in [-0.39, 0.29) is 35.9 Å². The van der Waals surface area contributed by atoms with Crippen LogP contribution >= 0.6 is 35.6 Å². The Morgan fingerprint density at radius 2 is 1.96 bits per heavy atom. The van der Waals surface area contributed by atoms with Crippen molar-refractivity contribution in [3.63, 3.8) is 0 Å². The van der Waals surface area contributed by atoms with Gasteiger partial charge in [0, 0.05) is 50.4 Å². The highest BCUT2D eigenvalue weighted by Gasteiger charge is 2.23. The van der Waals surface area contributed by atoms with Crippen molar-refractivity contribution in [2.24, 2.45) is 4.99 Å². The lowest BCUT2D eigenvalue weighted by atomic mass is 10.1. The number of nitrogens with one attached hydrogen (secondary N) is 1. The number of nitrogens with zero attached hydrogens (tertiary/aromatic N) is 3. The van der Waals surface area contributed by atoms with Crippen LogP contribution in [0.5, 0.6) is 0 Å². The summed E-state index contributed by atoms with van der Waals surface area (Å²) in [6.07, 6.45) is 0.187. The lowest BCUT2D eigenvalue weighted by Crippen LogP contribution is -2.54. The normalized spacial score (nSPS) is 14.7. The van der Waals surface area contributed by atoms with Crippen LogP contribution in [-0.4, -0.2) is 68.2 Å². The van der Waals surface area contributed by atoms with Crippen molar-refractivity contribution in [2.45, 2.75) is 13.3 Å². The summed E-state index contributed by atoms with van der Waals surface area (Å²) < 4.78 is 18.8. The Morgan fingerprint density at radius 1 is 1.31 bits per heavy atom. The second kappa shape index (κ2) is 11.4. The van der Waals surface area contributed by atoms with E-state index in [0.29, 0.717) is 56.3 Å². The molecule has 146 valence electrons.